The van der Waals surface area contributed by atoms with E-state index in [1.54, 1.807) is 18.2 Å². The zero-order valence-electron chi connectivity index (χ0n) is 16.9. The van der Waals surface area contributed by atoms with Crippen LogP contribution in [0.15, 0.2) is 60.1 Å². The number of aromatic nitrogens is 1. The van der Waals surface area contributed by atoms with Crippen molar-refractivity contribution >= 4 is 34.0 Å². The molecule has 1 aliphatic rings. The van der Waals surface area contributed by atoms with Crippen LogP contribution in [0, 0.1) is 12.8 Å². The van der Waals surface area contributed by atoms with Crippen LogP contribution in [-0.2, 0) is 9.59 Å². The van der Waals surface area contributed by atoms with E-state index in [9.17, 15) is 9.59 Å². The average Bonchev–Trinajstić information content (AvgIpc) is 3.27. The minimum absolute atomic E-state index is 0.0120. The molecule has 0 aliphatic carbocycles. The van der Waals surface area contributed by atoms with Gasteiger partial charge in [0.25, 0.3) is 0 Å². The molecule has 1 aliphatic heterocycles. The molecule has 2 aromatic carbocycles. The Morgan fingerprint density at radius 1 is 1.17 bits per heavy atom. The molecule has 7 heteroatoms. The molecule has 154 valence electrons. The smallest absolute Gasteiger partial charge is 0.231 e. The standard InChI is InChI=1S/C23H23N3O3S/c1-15-3-7-17(8-4-15)26-20(27)12-11-19(22(28)25-23-24-13-14-30-23)21(26)16-5-9-18(29-2)10-6-16/h3-10,13-14,19,21H,11-12H2,1-2H3,(H,24,25,28)/t19-,21+/m1/s1. The summed E-state index contributed by atoms with van der Waals surface area (Å²) in [5, 5.41) is 5.30. The van der Waals surface area contributed by atoms with Gasteiger partial charge in [0.15, 0.2) is 5.13 Å². The molecule has 2 heterocycles. The summed E-state index contributed by atoms with van der Waals surface area (Å²) >= 11 is 1.38. The fraction of sp³-hybridized carbons (Fsp3) is 0.261. The number of piperidine rings is 1. The topological polar surface area (TPSA) is 71.5 Å². The summed E-state index contributed by atoms with van der Waals surface area (Å²) in [7, 11) is 1.61. The molecule has 0 radical (unpaired) electrons. The summed E-state index contributed by atoms with van der Waals surface area (Å²) in [6.45, 7) is 2.01. The maximum atomic E-state index is 13.2. The van der Waals surface area contributed by atoms with Gasteiger partial charge in [-0.15, -0.1) is 11.3 Å². The Kier molecular flexibility index (Phi) is 5.81. The molecule has 2 amide bonds. The maximum absolute atomic E-state index is 13.2. The highest BCUT2D eigenvalue weighted by molar-refractivity contribution is 7.13. The van der Waals surface area contributed by atoms with Crippen molar-refractivity contribution in [3.05, 3.63) is 71.2 Å². The third-order valence-corrected chi connectivity index (χ3v) is 6.05. The highest BCUT2D eigenvalue weighted by atomic mass is 32.1. The number of hydrogen-bond donors (Lipinski definition) is 1. The molecule has 4 rings (SSSR count). The normalized spacial score (nSPS) is 18.9. The first-order valence-electron chi connectivity index (χ1n) is 9.80. The van der Waals surface area contributed by atoms with Gasteiger partial charge in [0, 0.05) is 23.7 Å². The van der Waals surface area contributed by atoms with Gasteiger partial charge in [0.1, 0.15) is 5.75 Å². The lowest BCUT2D eigenvalue weighted by atomic mass is 9.83. The predicted molar refractivity (Wildman–Crippen MR) is 118 cm³/mol. The largest absolute Gasteiger partial charge is 0.497 e. The lowest BCUT2D eigenvalue weighted by molar-refractivity contribution is -0.125. The first-order valence-corrected chi connectivity index (χ1v) is 10.7. The average molecular weight is 422 g/mol. The van der Waals surface area contributed by atoms with E-state index < -0.39 is 12.0 Å². The van der Waals surface area contributed by atoms with Gasteiger partial charge < -0.3 is 15.0 Å². The SMILES string of the molecule is COc1ccc([C@H]2[C@H](C(=O)Nc3nccs3)CCC(=O)N2c2ccc(C)cc2)cc1. The zero-order valence-corrected chi connectivity index (χ0v) is 17.7. The van der Waals surface area contributed by atoms with E-state index >= 15 is 0 Å². The molecule has 0 spiro atoms. The van der Waals surface area contributed by atoms with Crippen LogP contribution in [-0.4, -0.2) is 23.9 Å². The van der Waals surface area contributed by atoms with Crippen molar-refractivity contribution in [1.82, 2.24) is 4.98 Å². The van der Waals surface area contributed by atoms with E-state index in [2.05, 4.69) is 10.3 Å². The number of carbonyl (C=O) groups is 2. The summed E-state index contributed by atoms with van der Waals surface area (Å²) in [5.74, 6) is 0.209. The quantitative estimate of drug-likeness (QED) is 0.654. The van der Waals surface area contributed by atoms with Crippen LogP contribution in [0.1, 0.15) is 30.0 Å². The minimum Gasteiger partial charge on any atom is -0.497 e. The van der Waals surface area contributed by atoms with Gasteiger partial charge >= 0.3 is 0 Å². The van der Waals surface area contributed by atoms with Crippen LogP contribution in [0.3, 0.4) is 0 Å². The van der Waals surface area contributed by atoms with Crippen molar-refractivity contribution in [3.63, 3.8) is 0 Å². The second-order valence-corrected chi connectivity index (χ2v) is 8.18. The molecule has 0 bridgehead atoms. The summed E-state index contributed by atoms with van der Waals surface area (Å²) < 4.78 is 5.28. The zero-order chi connectivity index (χ0) is 21.1. The molecule has 0 saturated carbocycles. The van der Waals surface area contributed by atoms with E-state index in [4.69, 9.17) is 4.74 Å². The number of amides is 2. The Morgan fingerprint density at radius 2 is 1.90 bits per heavy atom. The van der Waals surface area contributed by atoms with Crippen molar-refractivity contribution in [2.45, 2.75) is 25.8 Å². The first-order chi connectivity index (χ1) is 14.6. The van der Waals surface area contributed by atoms with Crippen molar-refractivity contribution in [3.8, 4) is 5.75 Å². The monoisotopic (exact) mass is 421 g/mol. The number of rotatable bonds is 5. The molecule has 1 aromatic heterocycles. The molecule has 2 atom stereocenters. The van der Waals surface area contributed by atoms with Gasteiger partial charge in [-0.2, -0.15) is 0 Å². The second kappa shape index (κ2) is 8.67. The summed E-state index contributed by atoms with van der Waals surface area (Å²) in [5.41, 5.74) is 2.80. The van der Waals surface area contributed by atoms with E-state index in [-0.39, 0.29) is 11.8 Å². The van der Waals surface area contributed by atoms with Crippen LogP contribution in [0.25, 0.3) is 0 Å². The molecular formula is C23H23N3O3S. The number of anilines is 2. The minimum atomic E-state index is -0.417. The fourth-order valence-electron chi connectivity index (χ4n) is 3.84. The van der Waals surface area contributed by atoms with Crippen molar-refractivity contribution in [1.29, 1.82) is 0 Å². The van der Waals surface area contributed by atoms with Crippen LogP contribution in [0.4, 0.5) is 10.8 Å². The lowest BCUT2D eigenvalue weighted by Crippen LogP contribution is -2.46. The number of nitrogens with one attached hydrogen (secondary N) is 1. The van der Waals surface area contributed by atoms with E-state index in [1.165, 1.54) is 11.3 Å². The van der Waals surface area contributed by atoms with Crippen molar-refractivity contribution < 1.29 is 14.3 Å². The number of ether oxygens (including phenoxy) is 1. The highest BCUT2D eigenvalue weighted by Crippen LogP contribution is 2.41. The Balaban J connectivity index is 1.74. The molecule has 6 nitrogen and oxygen atoms in total. The number of nitrogens with zero attached hydrogens (tertiary/aromatic N) is 2. The summed E-state index contributed by atoms with van der Waals surface area (Å²) in [6, 6.07) is 15.0. The van der Waals surface area contributed by atoms with Crippen molar-refractivity contribution in [2.24, 2.45) is 5.92 Å². The summed E-state index contributed by atoms with van der Waals surface area (Å²) in [6.07, 6.45) is 2.45. The number of aryl methyl sites for hydroxylation is 1. The number of thiazole rings is 1. The van der Waals surface area contributed by atoms with Crippen LogP contribution in [0.5, 0.6) is 5.75 Å². The Hall–Kier alpha value is -3.19. The van der Waals surface area contributed by atoms with Gasteiger partial charge in [0.2, 0.25) is 11.8 Å². The molecule has 1 fully saturated rings. The van der Waals surface area contributed by atoms with E-state index in [0.29, 0.717) is 18.0 Å². The number of methoxy groups -OCH3 is 1. The van der Waals surface area contributed by atoms with Gasteiger partial charge in [-0.25, -0.2) is 4.98 Å². The molecule has 0 unspecified atom stereocenters. The van der Waals surface area contributed by atoms with Crippen LogP contribution in [0.2, 0.25) is 0 Å². The van der Waals surface area contributed by atoms with Gasteiger partial charge in [0.05, 0.1) is 19.1 Å². The number of carbonyl (C=O) groups excluding carboxylic acids is 2. The lowest BCUT2D eigenvalue weighted by Gasteiger charge is -2.40. The highest BCUT2D eigenvalue weighted by Gasteiger charge is 2.41. The molecular weight excluding hydrogens is 398 g/mol. The molecule has 3 aromatic rings. The molecule has 30 heavy (non-hydrogen) atoms. The van der Waals surface area contributed by atoms with Gasteiger partial charge in [-0.3, -0.25) is 9.59 Å². The summed E-state index contributed by atoms with van der Waals surface area (Å²) in [4.78, 5) is 32.2. The fourth-order valence-corrected chi connectivity index (χ4v) is 4.37. The number of benzene rings is 2. The van der Waals surface area contributed by atoms with Gasteiger partial charge in [-0.1, -0.05) is 29.8 Å². The third-order valence-electron chi connectivity index (χ3n) is 5.37. The van der Waals surface area contributed by atoms with Crippen molar-refractivity contribution in [2.75, 3.05) is 17.3 Å². The predicted octanol–water partition coefficient (Wildman–Crippen LogP) is 4.58. The maximum Gasteiger partial charge on any atom is 0.231 e. The van der Waals surface area contributed by atoms with E-state index in [0.717, 1.165) is 22.6 Å². The third kappa shape index (κ3) is 4.07. The number of hydrogen-bond acceptors (Lipinski definition) is 5. The van der Waals surface area contributed by atoms with E-state index in [1.807, 2.05) is 60.8 Å². The second-order valence-electron chi connectivity index (χ2n) is 7.29. The first kappa shape index (κ1) is 20.1. The Labute approximate surface area is 179 Å². The Bertz CT molecular complexity index is 1020. The molecule has 1 saturated heterocycles. The Morgan fingerprint density at radius 3 is 2.53 bits per heavy atom. The molecule has 1 N–H and O–H groups in total. The van der Waals surface area contributed by atoms with Crippen LogP contribution >= 0.6 is 11.3 Å². The van der Waals surface area contributed by atoms with Crippen LogP contribution < -0.4 is 15.0 Å². The van der Waals surface area contributed by atoms with Gasteiger partial charge in [-0.05, 0) is 43.2 Å².